The van der Waals surface area contributed by atoms with Crippen LogP contribution in [0.2, 0.25) is 5.02 Å². The van der Waals surface area contributed by atoms with Gasteiger partial charge in [0.05, 0.1) is 6.61 Å². The van der Waals surface area contributed by atoms with Gasteiger partial charge < -0.3 is 25.2 Å². The van der Waals surface area contributed by atoms with E-state index in [9.17, 15) is 9.90 Å². The van der Waals surface area contributed by atoms with Gasteiger partial charge in [-0.1, -0.05) is 41.9 Å². The quantitative estimate of drug-likeness (QED) is 0.564. The average molecular weight is 458 g/mol. The van der Waals surface area contributed by atoms with Gasteiger partial charge in [-0.15, -0.1) is 0 Å². The van der Waals surface area contributed by atoms with E-state index in [4.69, 9.17) is 21.1 Å². The van der Waals surface area contributed by atoms with E-state index in [-0.39, 0.29) is 25.3 Å². The number of rotatable bonds is 8. The minimum atomic E-state index is -0.523. The highest BCUT2D eigenvalue weighted by molar-refractivity contribution is 6.30. The number of likely N-dealkylation sites (tertiary alicyclic amines) is 1. The van der Waals surface area contributed by atoms with Crippen LogP contribution in [-0.4, -0.2) is 47.9 Å². The van der Waals surface area contributed by atoms with Crippen molar-refractivity contribution in [2.75, 3.05) is 25.2 Å². The van der Waals surface area contributed by atoms with Gasteiger partial charge in [0.2, 0.25) is 12.7 Å². The number of nitrogens with one attached hydrogen (secondary N) is 2. The maximum atomic E-state index is 13.1. The van der Waals surface area contributed by atoms with Crippen molar-refractivity contribution in [2.24, 2.45) is 0 Å². The van der Waals surface area contributed by atoms with Crippen LogP contribution in [0, 0.1) is 0 Å². The number of nitrogens with zero attached hydrogens (tertiary/aromatic N) is 1. The Kier molecular flexibility index (Phi) is 7.52. The third kappa shape index (κ3) is 5.54. The van der Waals surface area contributed by atoms with Crippen molar-refractivity contribution >= 4 is 23.2 Å². The van der Waals surface area contributed by atoms with Crippen LogP contribution in [-0.2, 0) is 27.4 Å². The maximum absolute atomic E-state index is 13.1. The Balaban J connectivity index is 1.38. The highest BCUT2D eigenvalue weighted by atomic mass is 35.5. The van der Waals surface area contributed by atoms with Crippen molar-refractivity contribution < 1.29 is 19.4 Å². The lowest BCUT2D eigenvalue weighted by atomic mass is 10.0. The Labute approximate surface area is 193 Å². The van der Waals surface area contributed by atoms with Crippen LogP contribution in [0.4, 0.5) is 5.69 Å². The molecule has 0 bridgehead atoms. The highest BCUT2D eigenvalue weighted by Crippen LogP contribution is 2.26. The summed E-state index contributed by atoms with van der Waals surface area (Å²) in [7, 11) is 0. The summed E-state index contributed by atoms with van der Waals surface area (Å²) in [4.78, 5) is 15.2. The summed E-state index contributed by atoms with van der Waals surface area (Å²) >= 11 is 6.04. The summed E-state index contributed by atoms with van der Waals surface area (Å²) in [5.74, 6) is 0.444. The molecule has 0 saturated carbocycles. The molecule has 2 aliphatic heterocycles. The van der Waals surface area contributed by atoms with E-state index in [0.29, 0.717) is 17.3 Å². The van der Waals surface area contributed by atoms with E-state index in [1.54, 1.807) is 12.3 Å². The molecule has 1 amide bonds. The number of ether oxygens (including phenoxy) is 2. The molecule has 8 heteroatoms. The first-order valence-corrected chi connectivity index (χ1v) is 11.2. The zero-order valence-electron chi connectivity index (χ0n) is 17.8. The Bertz CT molecular complexity index is 946. The molecule has 3 N–H and O–H groups in total. The lowest BCUT2D eigenvalue weighted by molar-refractivity contribution is -0.127. The number of hydrogen-bond acceptors (Lipinski definition) is 6. The predicted molar refractivity (Wildman–Crippen MR) is 123 cm³/mol. The Morgan fingerprint density at radius 1 is 1.19 bits per heavy atom. The number of benzene rings is 2. The third-order valence-electron chi connectivity index (χ3n) is 5.81. The maximum Gasteiger partial charge on any atom is 0.245 e. The molecule has 2 aliphatic rings. The van der Waals surface area contributed by atoms with Crippen molar-refractivity contribution in [2.45, 2.75) is 38.1 Å². The molecule has 1 unspecified atom stereocenters. The van der Waals surface area contributed by atoms with Crippen molar-refractivity contribution in [1.29, 1.82) is 0 Å². The van der Waals surface area contributed by atoms with Crippen molar-refractivity contribution in [3.8, 4) is 0 Å². The molecule has 170 valence electrons. The largest absolute Gasteiger partial charge is 0.462 e. The fraction of sp³-hybridized carbons (Fsp3) is 0.375. The molecular weight excluding hydrogens is 430 g/mol. The highest BCUT2D eigenvalue weighted by Gasteiger charge is 2.35. The summed E-state index contributed by atoms with van der Waals surface area (Å²) in [5, 5.41) is 16.8. The van der Waals surface area contributed by atoms with E-state index >= 15 is 0 Å². The number of piperidine rings is 1. The molecule has 0 radical (unpaired) electrons. The van der Waals surface area contributed by atoms with Gasteiger partial charge in [0.15, 0.2) is 11.8 Å². The number of anilines is 1. The molecule has 32 heavy (non-hydrogen) atoms. The van der Waals surface area contributed by atoms with Crippen LogP contribution < -0.4 is 10.6 Å². The molecule has 2 aromatic carbocycles. The van der Waals surface area contributed by atoms with Gasteiger partial charge in [0.1, 0.15) is 6.26 Å². The first-order valence-electron chi connectivity index (χ1n) is 10.8. The molecule has 1 fully saturated rings. The number of halogens is 1. The lowest BCUT2D eigenvalue weighted by Crippen LogP contribution is -2.52. The SMILES string of the molecule is O=C(NCc1ccccc1)C(C1=COCO1)N1CCC(Nc2ccc(Cl)cc2CO)CC1. The molecule has 7 nitrogen and oxygen atoms in total. The normalized spacial score (nSPS) is 17.8. The number of carbonyl (C=O) groups is 1. The Morgan fingerprint density at radius 3 is 2.66 bits per heavy atom. The van der Waals surface area contributed by atoms with Crippen LogP contribution in [0.15, 0.2) is 60.6 Å². The fourth-order valence-corrected chi connectivity index (χ4v) is 4.30. The first-order chi connectivity index (χ1) is 15.6. The summed E-state index contributed by atoms with van der Waals surface area (Å²) in [6, 6.07) is 15.0. The summed E-state index contributed by atoms with van der Waals surface area (Å²) in [6.45, 7) is 1.98. The predicted octanol–water partition coefficient (Wildman–Crippen LogP) is 3.24. The van der Waals surface area contributed by atoms with Gasteiger partial charge in [-0.3, -0.25) is 9.69 Å². The molecule has 0 aromatic heterocycles. The minimum Gasteiger partial charge on any atom is -0.462 e. The topological polar surface area (TPSA) is 83.1 Å². The standard InChI is InChI=1S/C24H28ClN3O4/c25-19-6-7-21(18(12-19)14-29)27-20-8-10-28(11-9-20)23(22-15-31-16-32-22)24(30)26-13-17-4-2-1-3-5-17/h1-7,12,15,20,23,27,29H,8-11,13-14,16H2,(H,26,30). The molecule has 1 atom stereocenters. The van der Waals surface area contributed by atoms with Gasteiger partial charge in [-0.05, 0) is 36.6 Å². The monoisotopic (exact) mass is 457 g/mol. The van der Waals surface area contributed by atoms with Gasteiger partial charge in [0.25, 0.3) is 0 Å². The van der Waals surface area contributed by atoms with E-state index in [0.717, 1.165) is 42.7 Å². The van der Waals surface area contributed by atoms with Gasteiger partial charge >= 0.3 is 0 Å². The lowest BCUT2D eigenvalue weighted by Gasteiger charge is -2.37. The van der Waals surface area contributed by atoms with Crippen LogP contribution in [0.25, 0.3) is 0 Å². The Morgan fingerprint density at radius 2 is 1.97 bits per heavy atom. The van der Waals surface area contributed by atoms with E-state index < -0.39 is 6.04 Å². The number of aliphatic hydroxyl groups is 1. The number of hydrogen-bond donors (Lipinski definition) is 3. The first kappa shape index (κ1) is 22.5. The minimum absolute atomic E-state index is 0.0725. The van der Waals surface area contributed by atoms with E-state index in [1.807, 2.05) is 42.5 Å². The summed E-state index contributed by atoms with van der Waals surface area (Å²) in [6.07, 6.45) is 3.24. The van der Waals surface area contributed by atoms with Crippen LogP contribution in [0.5, 0.6) is 0 Å². The van der Waals surface area contributed by atoms with E-state index in [2.05, 4.69) is 15.5 Å². The van der Waals surface area contributed by atoms with Crippen molar-refractivity contribution in [1.82, 2.24) is 10.2 Å². The molecule has 2 heterocycles. The van der Waals surface area contributed by atoms with Crippen LogP contribution in [0.3, 0.4) is 0 Å². The van der Waals surface area contributed by atoms with Crippen LogP contribution >= 0.6 is 11.6 Å². The van der Waals surface area contributed by atoms with Crippen molar-refractivity contribution in [3.05, 3.63) is 76.7 Å². The number of carbonyl (C=O) groups excluding carboxylic acids is 1. The van der Waals surface area contributed by atoms with Crippen molar-refractivity contribution in [3.63, 3.8) is 0 Å². The van der Waals surface area contributed by atoms with Gasteiger partial charge in [-0.2, -0.15) is 0 Å². The summed E-state index contributed by atoms with van der Waals surface area (Å²) < 4.78 is 10.8. The van der Waals surface area contributed by atoms with Crippen LogP contribution in [0.1, 0.15) is 24.0 Å². The fourth-order valence-electron chi connectivity index (χ4n) is 4.11. The molecule has 4 rings (SSSR count). The Hall–Kier alpha value is -2.74. The number of amides is 1. The number of aliphatic hydroxyl groups excluding tert-OH is 1. The molecule has 2 aromatic rings. The second-order valence-electron chi connectivity index (χ2n) is 7.97. The smallest absolute Gasteiger partial charge is 0.245 e. The van der Waals surface area contributed by atoms with E-state index in [1.165, 1.54) is 0 Å². The van der Waals surface area contributed by atoms with Gasteiger partial charge in [0, 0.05) is 41.9 Å². The molecule has 0 aliphatic carbocycles. The third-order valence-corrected chi connectivity index (χ3v) is 6.05. The average Bonchev–Trinajstić information content (AvgIpc) is 3.35. The second kappa shape index (κ2) is 10.7. The second-order valence-corrected chi connectivity index (χ2v) is 8.41. The molecule has 0 spiro atoms. The van der Waals surface area contributed by atoms with Gasteiger partial charge in [-0.25, -0.2) is 0 Å². The zero-order valence-corrected chi connectivity index (χ0v) is 18.6. The summed E-state index contributed by atoms with van der Waals surface area (Å²) in [5.41, 5.74) is 2.71. The zero-order chi connectivity index (χ0) is 22.3. The molecular formula is C24H28ClN3O4. The molecule has 1 saturated heterocycles.